The number of pyridine rings is 1. The van der Waals surface area contributed by atoms with Crippen LogP contribution in [-0.4, -0.2) is 70.7 Å². The predicted octanol–water partition coefficient (Wildman–Crippen LogP) is 1.34. The highest BCUT2D eigenvalue weighted by atomic mass is 16.5. The van der Waals surface area contributed by atoms with Gasteiger partial charge in [0.1, 0.15) is 5.65 Å². The molecule has 2 aromatic rings. The van der Waals surface area contributed by atoms with Gasteiger partial charge < -0.3 is 19.4 Å². The van der Waals surface area contributed by atoms with Crippen molar-refractivity contribution in [1.29, 1.82) is 0 Å². The van der Waals surface area contributed by atoms with E-state index in [1.54, 1.807) is 0 Å². The fourth-order valence-corrected chi connectivity index (χ4v) is 3.73. The quantitative estimate of drug-likeness (QED) is 0.914. The lowest BCUT2D eigenvalue weighted by molar-refractivity contribution is 0.00380. The fraction of sp³-hybridized carbons (Fsp3) is 0.556. The molecular weight excluding hydrogens is 318 g/mol. The number of hydrogen-bond acceptors (Lipinski definition) is 4. The van der Waals surface area contributed by atoms with Crippen molar-refractivity contribution in [2.75, 3.05) is 39.4 Å². The van der Waals surface area contributed by atoms with Crippen molar-refractivity contribution in [3.8, 4) is 0 Å². The number of ether oxygens (including phenoxy) is 1. The minimum absolute atomic E-state index is 0.0116. The largest absolute Gasteiger partial charge is 0.379 e. The summed E-state index contributed by atoms with van der Waals surface area (Å²) in [4.78, 5) is 21.4. The maximum absolute atomic E-state index is 12.4. The number of fused-ring (bicyclic) bond motifs is 1. The molecule has 25 heavy (non-hydrogen) atoms. The lowest BCUT2D eigenvalue weighted by Gasteiger charge is -2.40. The molecule has 2 aliphatic heterocycles. The number of amides is 2. The van der Waals surface area contributed by atoms with Crippen LogP contribution in [0.2, 0.25) is 0 Å². The van der Waals surface area contributed by atoms with E-state index in [-0.39, 0.29) is 6.03 Å². The van der Waals surface area contributed by atoms with Gasteiger partial charge in [0.2, 0.25) is 0 Å². The number of nitrogens with zero attached hydrogens (tertiary/aromatic N) is 4. The lowest BCUT2D eigenvalue weighted by atomic mass is 10.0. The predicted molar refractivity (Wildman–Crippen MR) is 94.4 cm³/mol. The van der Waals surface area contributed by atoms with E-state index in [0.717, 1.165) is 63.6 Å². The first kappa shape index (κ1) is 16.4. The Hall–Kier alpha value is -2.12. The second kappa shape index (κ2) is 7.41. The average Bonchev–Trinajstić information content (AvgIpc) is 3.10. The van der Waals surface area contributed by atoms with Crippen molar-refractivity contribution in [2.45, 2.75) is 25.4 Å². The van der Waals surface area contributed by atoms with Crippen LogP contribution < -0.4 is 5.32 Å². The van der Waals surface area contributed by atoms with Crippen molar-refractivity contribution in [1.82, 2.24) is 24.5 Å². The standard InChI is InChI=1S/C18H25N5O2/c24-18(19-13-15-14-23-6-2-1-3-17(23)20-15)22-7-4-16(5-8-22)21-9-11-25-12-10-21/h1-3,6,14,16H,4-5,7-13H2,(H,19,24). The molecule has 0 unspecified atom stereocenters. The maximum atomic E-state index is 12.4. The van der Waals surface area contributed by atoms with Crippen molar-refractivity contribution in [2.24, 2.45) is 0 Å². The average molecular weight is 343 g/mol. The van der Waals surface area contributed by atoms with Crippen molar-refractivity contribution in [3.63, 3.8) is 0 Å². The molecule has 0 atom stereocenters. The van der Waals surface area contributed by atoms with E-state index in [0.29, 0.717) is 12.6 Å². The molecule has 0 aliphatic carbocycles. The number of imidazole rings is 1. The summed E-state index contributed by atoms with van der Waals surface area (Å²) < 4.78 is 7.39. The Bertz CT molecular complexity index is 684. The number of nitrogens with one attached hydrogen (secondary N) is 1. The first-order valence-corrected chi connectivity index (χ1v) is 9.07. The van der Waals surface area contributed by atoms with Gasteiger partial charge in [-0.2, -0.15) is 0 Å². The summed E-state index contributed by atoms with van der Waals surface area (Å²) in [7, 11) is 0. The second-order valence-electron chi connectivity index (χ2n) is 6.72. The molecular formula is C18H25N5O2. The Kier molecular flexibility index (Phi) is 4.85. The molecule has 0 aromatic carbocycles. The third-order valence-corrected chi connectivity index (χ3v) is 5.15. The van der Waals surface area contributed by atoms with E-state index >= 15 is 0 Å². The van der Waals surface area contributed by atoms with Gasteiger partial charge in [-0.1, -0.05) is 6.07 Å². The Labute approximate surface area is 147 Å². The Morgan fingerprint density at radius 1 is 1.20 bits per heavy atom. The van der Waals surface area contributed by atoms with E-state index in [2.05, 4.69) is 15.2 Å². The minimum atomic E-state index is 0.0116. The Morgan fingerprint density at radius 2 is 2.00 bits per heavy atom. The molecule has 0 saturated carbocycles. The van der Waals surface area contributed by atoms with Crippen LogP contribution in [0, 0.1) is 0 Å². The number of carbonyl (C=O) groups is 1. The van der Waals surface area contributed by atoms with Crippen LogP contribution in [-0.2, 0) is 11.3 Å². The van der Waals surface area contributed by atoms with Crippen molar-refractivity contribution < 1.29 is 9.53 Å². The summed E-state index contributed by atoms with van der Waals surface area (Å²) in [5.41, 5.74) is 1.78. The number of rotatable bonds is 3. The van der Waals surface area contributed by atoms with Gasteiger partial charge in [0.25, 0.3) is 0 Å². The van der Waals surface area contributed by atoms with E-state index in [4.69, 9.17) is 4.74 Å². The van der Waals surface area contributed by atoms with Gasteiger partial charge in [0.15, 0.2) is 0 Å². The van der Waals surface area contributed by atoms with Crippen LogP contribution in [0.25, 0.3) is 5.65 Å². The van der Waals surface area contributed by atoms with E-state index in [1.165, 1.54) is 0 Å². The molecule has 4 heterocycles. The summed E-state index contributed by atoms with van der Waals surface area (Å²) in [5.74, 6) is 0. The summed E-state index contributed by atoms with van der Waals surface area (Å²) in [6.07, 6.45) is 6.01. The van der Waals surface area contributed by atoms with Crippen molar-refractivity contribution in [3.05, 3.63) is 36.3 Å². The lowest BCUT2D eigenvalue weighted by Crippen LogP contribution is -2.51. The van der Waals surface area contributed by atoms with Crippen LogP contribution in [0.4, 0.5) is 4.79 Å². The highest BCUT2D eigenvalue weighted by molar-refractivity contribution is 5.74. The first-order chi connectivity index (χ1) is 12.3. The van der Waals surface area contributed by atoms with Gasteiger partial charge in [0.05, 0.1) is 25.5 Å². The zero-order valence-corrected chi connectivity index (χ0v) is 14.4. The molecule has 0 bridgehead atoms. The molecule has 7 nitrogen and oxygen atoms in total. The SMILES string of the molecule is O=C(NCc1cn2ccccc2n1)N1CCC(N2CCOCC2)CC1. The fourth-order valence-electron chi connectivity index (χ4n) is 3.73. The van der Waals surface area contributed by atoms with Crippen LogP contribution in [0.3, 0.4) is 0 Å². The van der Waals surface area contributed by atoms with Gasteiger partial charge in [-0.15, -0.1) is 0 Å². The monoisotopic (exact) mass is 343 g/mol. The van der Waals surface area contributed by atoms with Gasteiger partial charge in [-0.3, -0.25) is 4.90 Å². The highest BCUT2D eigenvalue weighted by Gasteiger charge is 2.27. The molecule has 7 heteroatoms. The molecule has 4 rings (SSSR count). The zero-order valence-electron chi connectivity index (χ0n) is 14.4. The molecule has 2 fully saturated rings. The summed E-state index contributed by atoms with van der Waals surface area (Å²) >= 11 is 0. The normalized spacial score (nSPS) is 20.1. The van der Waals surface area contributed by atoms with Crippen LogP contribution in [0.15, 0.2) is 30.6 Å². The van der Waals surface area contributed by atoms with E-state index < -0.39 is 0 Å². The van der Waals surface area contributed by atoms with Gasteiger partial charge in [0, 0.05) is 44.6 Å². The number of aromatic nitrogens is 2. The van der Waals surface area contributed by atoms with Gasteiger partial charge in [-0.05, 0) is 25.0 Å². The summed E-state index contributed by atoms with van der Waals surface area (Å²) in [6.45, 7) is 5.80. The first-order valence-electron chi connectivity index (χ1n) is 9.07. The third kappa shape index (κ3) is 3.77. The number of likely N-dealkylation sites (tertiary alicyclic amines) is 1. The highest BCUT2D eigenvalue weighted by Crippen LogP contribution is 2.17. The molecule has 1 N–H and O–H groups in total. The number of carbonyl (C=O) groups excluding carboxylic acids is 1. The molecule has 2 aliphatic rings. The van der Waals surface area contributed by atoms with Crippen LogP contribution >= 0.6 is 0 Å². The Balaban J connectivity index is 1.26. The molecule has 134 valence electrons. The number of urea groups is 1. The zero-order chi connectivity index (χ0) is 17.1. The van der Waals surface area contributed by atoms with E-state index in [1.807, 2.05) is 39.9 Å². The minimum Gasteiger partial charge on any atom is -0.379 e. The molecule has 2 aromatic heterocycles. The molecule has 2 amide bonds. The van der Waals surface area contributed by atoms with Crippen LogP contribution in [0.1, 0.15) is 18.5 Å². The third-order valence-electron chi connectivity index (χ3n) is 5.15. The number of morpholine rings is 1. The molecule has 0 spiro atoms. The van der Waals surface area contributed by atoms with E-state index in [9.17, 15) is 4.79 Å². The maximum Gasteiger partial charge on any atom is 0.317 e. The second-order valence-corrected chi connectivity index (χ2v) is 6.72. The number of hydrogen-bond donors (Lipinski definition) is 1. The summed E-state index contributed by atoms with van der Waals surface area (Å²) in [6, 6.07) is 6.49. The molecule has 2 saturated heterocycles. The van der Waals surface area contributed by atoms with Gasteiger partial charge >= 0.3 is 6.03 Å². The topological polar surface area (TPSA) is 62.1 Å². The van der Waals surface area contributed by atoms with Crippen molar-refractivity contribution >= 4 is 11.7 Å². The smallest absolute Gasteiger partial charge is 0.317 e. The summed E-state index contributed by atoms with van der Waals surface area (Å²) in [5, 5.41) is 3.00. The molecule has 0 radical (unpaired) electrons. The van der Waals surface area contributed by atoms with Gasteiger partial charge in [-0.25, -0.2) is 9.78 Å². The Morgan fingerprint density at radius 3 is 2.76 bits per heavy atom. The number of piperidine rings is 1. The van der Waals surface area contributed by atoms with Crippen LogP contribution in [0.5, 0.6) is 0 Å².